The highest BCUT2D eigenvalue weighted by atomic mass is 15.2. The first kappa shape index (κ1) is 53.5. The van der Waals surface area contributed by atoms with Crippen molar-refractivity contribution >= 4 is 74.3 Å². The molecular formula is C77H86BN3. The van der Waals surface area contributed by atoms with E-state index < -0.39 is 0 Å². The number of hydrogen-bond acceptors (Lipinski definition) is 3. The number of benzene rings is 8. The standard InChI is InChI=1S/C77H86BN3/c1-47-24-19-21-27-62(47)79(63-28-22-20-25-48(63)2)52-32-35-60-65(44-52)81(64-29-23-26-55-69(64)53-33-30-49(71(3,4)5)40-56(53)77(55,17)18)68-42-50(72(6,7)8)41-67-70(68)78(60)61-45-58-59(76(15,16)39-38-75(58,13)14)46-66(61)80(67)51-31-34-54-57(43-51)74(11,12)37-36-73(54,9)10/h19-35,40-46H,36-39H2,1-18H3. The van der Waals surface area contributed by atoms with Gasteiger partial charge in [0, 0.05) is 56.5 Å². The van der Waals surface area contributed by atoms with Crippen LogP contribution in [0.15, 0.2) is 146 Å². The molecule has 2 aliphatic heterocycles. The number of para-hydroxylation sites is 2. The zero-order chi connectivity index (χ0) is 57.5. The molecule has 3 aliphatic carbocycles. The average molecular weight is 1060 g/mol. The van der Waals surface area contributed by atoms with Crippen molar-refractivity contribution in [3.05, 3.63) is 201 Å². The Labute approximate surface area is 486 Å². The molecule has 0 saturated heterocycles. The van der Waals surface area contributed by atoms with Crippen LogP contribution in [0.25, 0.3) is 11.1 Å². The second-order valence-corrected chi connectivity index (χ2v) is 30.5. The van der Waals surface area contributed by atoms with Gasteiger partial charge in [0.25, 0.3) is 6.71 Å². The molecule has 13 rings (SSSR count). The van der Waals surface area contributed by atoms with Gasteiger partial charge in [-0.1, -0.05) is 196 Å². The van der Waals surface area contributed by atoms with Crippen LogP contribution in [0.4, 0.5) is 51.2 Å². The van der Waals surface area contributed by atoms with E-state index in [1.807, 2.05) is 0 Å². The number of aryl methyl sites for hydroxylation is 2. The van der Waals surface area contributed by atoms with E-state index in [-0.39, 0.29) is 44.6 Å². The van der Waals surface area contributed by atoms with Crippen LogP contribution in [0.1, 0.15) is 192 Å². The molecule has 2 heterocycles. The van der Waals surface area contributed by atoms with Gasteiger partial charge in [-0.25, -0.2) is 0 Å². The van der Waals surface area contributed by atoms with Gasteiger partial charge in [0.2, 0.25) is 0 Å². The molecule has 412 valence electrons. The third kappa shape index (κ3) is 8.09. The molecule has 0 unspecified atom stereocenters. The molecule has 81 heavy (non-hydrogen) atoms. The molecule has 0 saturated carbocycles. The Morgan fingerprint density at radius 3 is 1.54 bits per heavy atom. The molecule has 3 nitrogen and oxygen atoms in total. The van der Waals surface area contributed by atoms with Crippen LogP contribution >= 0.6 is 0 Å². The lowest BCUT2D eigenvalue weighted by Gasteiger charge is -2.48. The largest absolute Gasteiger partial charge is 0.311 e. The van der Waals surface area contributed by atoms with Crippen molar-refractivity contribution in [3.63, 3.8) is 0 Å². The van der Waals surface area contributed by atoms with Crippen LogP contribution in [-0.2, 0) is 37.9 Å². The minimum absolute atomic E-state index is 0.0119. The first-order valence-corrected chi connectivity index (χ1v) is 30.5. The molecule has 0 aromatic heterocycles. The van der Waals surface area contributed by atoms with Crippen molar-refractivity contribution in [2.75, 3.05) is 14.7 Å². The van der Waals surface area contributed by atoms with Crippen LogP contribution in [0, 0.1) is 13.8 Å². The molecule has 0 fully saturated rings. The summed E-state index contributed by atoms with van der Waals surface area (Å²) in [4.78, 5) is 8.01. The Morgan fingerprint density at radius 2 is 0.951 bits per heavy atom. The van der Waals surface area contributed by atoms with Gasteiger partial charge in [-0.2, -0.15) is 0 Å². The summed E-state index contributed by atoms with van der Waals surface area (Å²) >= 11 is 0. The molecular weight excluding hydrogens is 978 g/mol. The maximum absolute atomic E-state index is 2.74. The number of anilines is 9. The van der Waals surface area contributed by atoms with Crippen LogP contribution < -0.4 is 31.1 Å². The quantitative estimate of drug-likeness (QED) is 0.159. The zero-order valence-electron chi connectivity index (χ0n) is 52.1. The SMILES string of the molecule is Cc1ccccc1N(c1ccc2c(c1)N(c1cccc3c1-c1ccc(C(C)(C)C)cc1C3(C)C)c1cc(C(C)(C)C)cc3c1B2c1cc2c(cc1N3c1ccc3c(c1)C(C)(C)CCC3(C)C)C(C)(C)CCC2(C)C)c1ccccc1C. The lowest BCUT2D eigenvalue weighted by molar-refractivity contribution is 0.332. The third-order valence-corrected chi connectivity index (χ3v) is 20.7. The molecule has 0 spiro atoms. The maximum Gasteiger partial charge on any atom is 0.252 e. The van der Waals surface area contributed by atoms with E-state index in [0.29, 0.717) is 0 Å². The van der Waals surface area contributed by atoms with Crippen molar-refractivity contribution in [3.8, 4) is 11.1 Å². The smallest absolute Gasteiger partial charge is 0.252 e. The van der Waals surface area contributed by atoms with Crippen molar-refractivity contribution in [1.29, 1.82) is 0 Å². The number of hydrogen-bond donors (Lipinski definition) is 0. The second kappa shape index (κ2) is 17.6. The fraction of sp³-hybridized carbons (Fsp3) is 0.377. The monoisotopic (exact) mass is 1060 g/mol. The Bertz CT molecular complexity index is 3890. The van der Waals surface area contributed by atoms with Crippen LogP contribution in [0.3, 0.4) is 0 Å². The zero-order valence-corrected chi connectivity index (χ0v) is 52.1. The molecule has 0 N–H and O–H groups in total. The van der Waals surface area contributed by atoms with E-state index in [4.69, 9.17) is 0 Å². The topological polar surface area (TPSA) is 9.72 Å². The lowest BCUT2D eigenvalue weighted by Crippen LogP contribution is -2.62. The molecule has 0 bridgehead atoms. The summed E-state index contributed by atoms with van der Waals surface area (Å²) in [5.41, 5.74) is 31.6. The summed E-state index contributed by atoms with van der Waals surface area (Å²) in [5.74, 6) is 0. The lowest BCUT2D eigenvalue weighted by atomic mass is 9.33. The molecule has 8 aromatic rings. The van der Waals surface area contributed by atoms with E-state index in [1.54, 1.807) is 0 Å². The fourth-order valence-corrected chi connectivity index (χ4v) is 15.3. The van der Waals surface area contributed by atoms with Gasteiger partial charge in [-0.3, -0.25) is 0 Å². The van der Waals surface area contributed by atoms with Gasteiger partial charge in [0.05, 0.1) is 5.69 Å². The molecule has 4 heteroatoms. The first-order chi connectivity index (χ1) is 38.0. The van der Waals surface area contributed by atoms with Crippen LogP contribution in [0.2, 0.25) is 0 Å². The summed E-state index contributed by atoms with van der Waals surface area (Å²) in [6.07, 6.45) is 4.66. The van der Waals surface area contributed by atoms with E-state index >= 15 is 0 Å². The molecule has 0 amide bonds. The predicted octanol–water partition coefficient (Wildman–Crippen LogP) is 19.5. The third-order valence-electron chi connectivity index (χ3n) is 20.7. The minimum atomic E-state index is -0.214. The number of rotatable bonds is 5. The van der Waals surface area contributed by atoms with Gasteiger partial charge in [0.1, 0.15) is 0 Å². The summed E-state index contributed by atoms with van der Waals surface area (Å²) in [5, 5.41) is 0. The van der Waals surface area contributed by atoms with Gasteiger partial charge in [0.15, 0.2) is 0 Å². The Kier molecular flexibility index (Phi) is 11.6. The Hall–Kier alpha value is -6.78. The van der Waals surface area contributed by atoms with E-state index in [1.165, 1.54) is 141 Å². The van der Waals surface area contributed by atoms with Gasteiger partial charge in [-0.15, -0.1) is 0 Å². The number of fused-ring (bicyclic) bond motifs is 9. The average Bonchev–Trinajstić information content (AvgIpc) is 3.29. The molecule has 8 aromatic carbocycles. The normalized spacial score (nSPS) is 18.2. The van der Waals surface area contributed by atoms with Crippen molar-refractivity contribution in [1.82, 2.24) is 0 Å². The van der Waals surface area contributed by atoms with Gasteiger partial charge in [-0.05, 0) is 210 Å². The summed E-state index contributed by atoms with van der Waals surface area (Å²) in [7, 11) is 0. The fourth-order valence-electron chi connectivity index (χ4n) is 15.3. The van der Waals surface area contributed by atoms with E-state index in [9.17, 15) is 0 Å². The Balaban J connectivity index is 1.18. The second-order valence-electron chi connectivity index (χ2n) is 30.5. The van der Waals surface area contributed by atoms with Gasteiger partial charge >= 0.3 is 0 Å². The highest BCUT2D eigenvalue weighted by Crippen LogP contribution is 2.58. The number of nitrogens with zero attached hydrogens (tertiary/aromatic N) is 3. The molecule has 0 atom stereocenters. The minimum Gasteiger partial charge on any atom is -0.311 e. The Morgan fingerprint density at radius 1 is 0.407 bits per heavy atom. The first-order valence-electron chi connectivity index (χ1n) is 30.5. The van der Waals surface area contributed by atoms with Crippen LogP contribution in [-0.4, -0.2) is 6.71 Å². The summed E-state index contributed by atoms with van der Waals surface area (Å²) < 4.78 is 0. The van der Waals surface area contributed by atoms with E-state index in [0.717, 1.165) is 18.5 Å². The van der Waals surface area contributed by atoms with Gasteiger partial charge < -0.3 is 14.7 Å². The summed E-state index contributed by atoms with van der Waals surface area (Å²) in [6, 6.07) is 58.2. The highest BCUT2D eigenvalue weighted by Gasteiger charge is 2.49. The molecule has 5 aliphatic rings. The van der Waals surface area contributed by atoms with E-state index in [2.05, 4.69) is 285 Å². The molecule has 0 radical (unpaired) electrons. The summed E-state index contributed by atoms with van der Waals surface area (Å²) in [6.45, 7) is 43.6. The predicted molar refractivity (Wildman–Crippen MR) is 350 cm³/mol. The van der Waals surface area contributed by atoms with Crippen LogP contribution in [0.5, 0.6) is 0 Å². The maximum atomic E-state index is 2.74. The highest BCUT2D eigenvalue weighted by molar-refractivity contribution is 7.00. The van der Waals surface area contributed by atoms with Crippen molar-refractivity contribution in [2.24, 2.45) is 0 Å². The van der Waals surface area contributed by atoms with Crippen molar-refractivity contribution in [2.45, 2.75) is 188 Å². The van der Waals surface area contributed by atoms with Crippen molar-refractivity contribution < 1.29 is 0 Å².